The van der Waals surface area contributed by atoms with Gasteiger partial charge < -0.3 is 10.2 Å². The molecule has 1 saturated heterocycles. The molecular formula is C11H20N2O. The van der Waals surface area contributed by atoms with Crippen LogP contribution in [-0.2, 0) is 4.79 Å². The summed E-state index contributed by atoms with van der Waals surface area (Å²) in [4.78, 5) is 14.1. The van der Waals surface area contributed by atoms with E-state index in [-0.39, 0.29) is 5.54 Å². The van der Waals surface area contributed by atoms with E-state index >= 15 is 0 Å². The molecule has 80 valence electrons. The fourth-order valence-electron chi connectivity index (χ4n) is 2.26. The van der Waals surface area contributed by atoms with Crippen molar-refractivity contribution in [3.05, 3.63) is 0 Å². The van der Waals surface area contributed by atoms with E-state index in [1.54, 1.807) is 0 Å². The van der Waals surface area contributed by atoms with E-state index in [2.05, 4.69) is 5.32 Å². The fourth-order valence-corrected chi connectivity index (χ4v) is 2.26. The van der Waals surface area contributed by atoms with Crippen molar-refractivity contribution in [2.24, 2.45) is 0 Å². The Hall–Kier alpha value is -0.570. The highest BCUT2D eigenvalue weighted by molar-refractivity contribution is 5.86. The Balaban J connectivity index is 2.00. The number of carbonyl (C=O) groups is 1. The van der Waals surface area contributed by atoms with Crippen molar-refractivity contribution in [1.29, 1.82) is 0 Å². The van der Waals surface area contributed by atoms with E-state index in [1.807, 2.05) is 18.9 Å². The van der Waals surface area contributed by atoms with Crippen LogP contribution in [0, 0.1) is 0 Å². The highest BCUT2D eigenvalue weighted by atomic mass is 16.2. The molecule has 0 bridgehead atoms. The number of hydrogen-bond donors (Lipinski definition) is 1. The van der Waals surface area contributed by atoms with E-state index < -0.39 is 0 Å². The van der Waals surface area contributed by atoms with Crippen LogP contribution in [-0.4, -0.2) is 36.0 Å². The predicted octanol–water partition coefficient (Wildman–Crippen LogP) is 1.14. The molecule has 1 amide bonds. The average molecular weight is 196 g/mol. The van der Waals surface area contributed by atoms with E-state index in [1.165, 1.54) is 25.7 Å². The lowest BCUT2D eigenvalue weighted by atomic mass is 9.89. The maximum Gasteiger partial charge on any atom is 0.242 e. The minimum Gasteiger partial charge on any atom is -0.341 e. The summed E-state index contributed by atoms with van der Waals surface area (Å²) in [5, 5.41) is 3.37. The standard InChI is InChI=1S/C11H20N2O/c1-11(7-3-4-8-12-11)10(14)13(2)9-5-6-9/h9,12H,3-8H2,1-2H3. The predicted molar refractivity (Wildman–Crippen MR) is 56.1 cm³/mol. The summed E-state index contributed by atoms with van der Waals surface area (Å²) in [6.07, 6.45) is 5.75. The van der Waals surface area contributed by atoms with E-state index in [4.69, 9.17) is 0 Å². The number of rotatable bonds is 2. The zero-order valence-electron chi connectivity index (χ0n) is 9.18. The first-order valence-electron chi connectivity index (χ1n) is 5.66. The van der Waals surface area contributed by atoms with Crippen molar-refractivity contribution < 1.29 is 4.79 Å². The summed E-state index contributed by atoms with van der Waals surface area (Å²) in [5.41, 5.74) is -0.282. The maximum atomic E-state index is 12.2. The Bertz CT molecular complexity index is 229. The van der Waals surface area contributed by atoms with E-state index in [9.17, 15) is 4.79 Å². The van der Waals surface area contributed by atoms with Gasteiger partial charge in [-0.3, -0.25) is 4.79 Å². The van der Waals surface area contributed by atoms with Crippen molar-refractivity contribution in [3.63, 3.8) is 0 Å². The zero-order valence-corrected chi connectivity index (χ0v) is 9.18. The Kier molecular flexibility index (Phi) is 2.52. The van der Waals surface area contributed by atoms with Gasteiger partial charge >= 0.3 is 0 Å². The molecule has 1 aliphatic carbocycles. The van der Waals surface area contributed by atoms with Crippen LogP contribution in [0.15, 0.2) is 0 Å². The SMILES string of the molecule is CN(C(=O)C1(C)CCCCN1)C1CC1. The molecule has 0 aromatic carbocycles. The Morgan fingerprint density at radius 2 is 2.14 bits per heavy atom. The third-order valence-corrected chi connectivity index (χ3v) is 3.51. The number of amides is 1. The molecule has 1 aliphatic heterocycles. The first kappa shape index (κ1) is 9.97. The molecule has 1 atom stereocenters. The summed E-state index contributed by atoms with van der Waals surface area (Å²) in [6.45, 7) is 3.04. The van der Waals surface area contributed by atoms with Gasteiger partial charge in [-0.2, -0.15) is 0 Å². The summed E-state index contributed by atoms with van der Waals surface area (Å²) < 4.78 is 0. The molecule has 0 aromatic heterocycles. The van der Waals surface area contributed by atoms with Crippen molar-refractivity contribution >= 4 is 5.91 Å². The number of nitrogens with one attached hydrogen (secondary N) is 1. The molecule has 2 fully saturated rings. The van der Waals surface area contributed by atoms with Crippen molar-refractivity contribution in [3.8, 4) is 0 Å². The highest BCUT2D eigenvalue weighted by Crippen LogP contribution is 2.29. The van der Waals surface area contributed by atoms with Crippen LogP contribution in [0.5, 0.6) is 0 Å². The van der Waals surface area contributed by atoms with Gasteiger partial charge in [-0.05, 0) is 45.6 Å². The molecular weight excluding hydrogens is 176 g/mol. The zero-order chi connectivity index (χ0) is 10.2. The minimum atomic E-state index is -0.282. The number of nitrogens with zero attached hydrogens (tertiary/aromatic N) is 1. The second-order valence-corrected chi connectivity index (χ2v) is 4.86. The maximum absolute atomic E-state index is 12.2. The van der Waals surface area contributed by atoms with Crippen LogP contribution in [0.25, 0.3) is 0 Å². The lowest BCUT2D eigenvalue weighted by Crippen LogP contribution is -2.57. The first-order chi connectivity index (χ1) is 6.63. The monoisotopic (exact) mass is 196 g/mol. The van der Waals surface area contributed by atoms with Gasteiger partial charge in [0.25, 0.3) is 0 Å². The van der Waals surface area contributed by atoms with Gasteiger partial charge in [-0.1, -0.05) is 0 Å². The van der Waals surface area contributed by atoms with E-state index in [0.29, 0.717) is 11.9 Å². The van der Waals surface area contributed by atoms with Crippen molar-refractivity contribution in [2.45, 2.75) is 50.6 Å². The third-order valence-electron chi connectivity index (χ3n) is 3.51. The Morgan fingerprint density at radius 3 is 2.64 bits per heavy atom. The van der Waals surface area contributed by atoms with Crippen LogP contribution in [0.4, 0.5) is 0 Å². The topological polar surface area (TPSA) is 32.3 Å². The normalized spacial score (nSPS) is 32.7. The molecule has 0 radical (unpaired) electrons. The molecule has 0 spiro atoms. The second-order valence-electron chi connectivity index (χ2n) is 4.86. The van der Waals surface area contributed by atoms with Crippen LogP contribution in [0.3, 0.4) is 0 Å². The molecule has 3 nitrogen and oxygen atoms in total. The summed E-state index contributed by atoms with van der Waals surface area (Å²) in [7, 11) is 1.95. The molecule has 0 aromatic rings. The molecule has 1 unspecified atom stereocenters. The quantitative estimate of drug-likeness (QED) is 0.718. The molecule has 2 rings (SSSR count). The van der Waals surface area contributed by atoms with Gasteiger partial charge in [0.2, 0.25) is 5.91 Å². The molecule has 3 heteroatoms. The van der Waals surface area contributed by atoms with Crippen LogP contribution >= 0.6 is 0 Å². The van der Waals surface area contributed by atoms with Gasteiger partial charge in [-0.25, -0.2) is 0 Å². The number of hydrogen-bond acceptors (Lipinski definition) is 2. The van der Waals surface area contributed by atoms with E-state index in [0.717, 1.165) is 13.0 Å². The third kappa shape index (κ3) is 1.78. The van der Waals surface area contributed by atoms with Gasteiger partial charge in [0.05, 0.1) is 5.54 Å². The number of carbonyl (C=O) groups excluding carboxylic acids is 1. The van der Waals surface area contributed by atoms with Crippen LogP contribution < -0.4 is 5.32 Å². The Morgan fingerprint density at radius 1 is 1.43 bits per heavy atom. The fraction of sp³-hybridized carbons (Fsp3) is 0.909. The number of likely N-dealkylation sites (N-methyl/N-ethyl adjacent to an activating group) is 1. The Labute approximate surface area is 85.8 Å². The number of piperidine rings is 1. The van der Waals surface area contributed by atoms with Gasteiger partial charge in [0, 0.05) is 13.1 Å². The van der Waals surface area contributed by atoms with Crippen LogP contribution in [0.2, 0.25) is 0 Å². The summed E-state index contributed by atoms with van der Waals surface area (Å²) >= 11 is 0. The van der Waals surface area contributed by atoms with Gasteiger partial charge in [0.1, 0.15) is 0 Å². The first-order valence-corrected chi connectivity index (χ1v) is 5.66. The molecule has 14 heavy (non-hydrogen) atoms. The lowest BCUT2D eigenvalue weighted by molar-refractivity contribution is -0.137. The highest BCUT2D eigenvalue weighted by Gasteiger charge is 2.40. The largest absolute Gasteiger partial charge is 0.341 e. The molecule has 1 N–H and O–H groups in total. The molecule has 2 aliphatic rings. The summed E-state index contributed by atoms with van der Waals surface area (Å²) in [6, 6.07) is 0.531. The van der Waals surface area contributed by atoms with Crippen molar-refractivity contribution in [2.75, 3.05) is 13.6 Å². The minimum absolute atomic E-state index is 0.282. The molecule has 1 saturated carbocycles. The smallest absolute Gasteiger partial charge is 0.242 e. The second kappa shape index (κ2) is 3.54. The van der Waals surface area contributed by atoms with Gasteiger partial charge in [-0.15, -0.1) is 0 Å². The summed E-state index contributed by atoms with van der Waals surface area (Å²) in [5.74, 6) is 0.291. The molecule has 1 heterocycles. The van der Waals surface area contributed by atoms with Crippen molar-refractivity contribution in [1.82, 2.24) is 10.2 Å². The average Bonchev–Trinajstić information content (AvgIpc) is 3.00. The van der Waals surface area contributed by atoms with Crippen LogP contribution in [0.1, 0.15) is 39.0 Å². The van der Waals surface area contributed by atoms with Gasteiger partial charge in [0.15, 0.2) is 0 Å². The lowest BCUT2D eigenvalue weighted by Gasteiger charge is -2.36.